The number of urea groups is 1. The normalized spacial score (nSPS) is 26.8. The third-order valence-electron chi connectivity index (χ3n) is 3.95. The molecule has 0 bridgehead atoms. The third-order valence-corrected chi connectivity index (χ3v) is 4.92. The predicted octanol–water partition coefficient (Wildman–Crippen LogP) is 2.63. The van der Waals surface area contributed by atoms with E-state index in [1.165, 1.54) is 4.88 Å². The molecule has 2 saturated heterocycles. The van der Waals surface area contributed by atoms with E-state index in [2.05, 4.69) is 22.8 Å². The molecule has 2 aliphatic heterocycles. The first kappa shape index (κ1) is 12.9. The predicted molar refractivity (Wildman–Crippen MR) is 75.3 cm³/mol. The van der Waals surface area contributed by atoms with E-state index in [1.807, 2.05) is 4.90 Å². The second-order valence-electron chi connectivity index (χ2n) is 5.28. The van der Waals surface area contributed by atoms with Crippen molar-refractivity contribution in [2.24, 2.45) is 5.92 Å². The number of carbonyl (C=O) groups is 1. The maximum absolute atomic E-state index is 12.3. The third kappa shape index (κ3) is 2.92. The van der Waals surface area contributed by atoms with E-state index in [0.29, 0.717) is 5.92 Å². The summed E-state index contributed by atoms with van der Waals surface area (Å²) in [5.74, 6) is 0.492. The van der Waals surface area contributed by atoms with Crippen LogP contribution in [-0.4, -0.2) is 37.2 Å². The monoisotopic (exact) mass is 280 g/mol. The highest BCUT2D eigenvalue weighted by molar-refractivity contribution is 7.10. The lowest BCUT2D eigenvalue weighted by molar-refractivity contribution is 0.179. The Morgan fingerprint density at radius 3 is 3.21 bits per heavy atom. The van der Waals surface area contributed by atoms with Crippen LogP contribution in [0.2, 0.25) is 0 Å². The molecule has 0 radical (unpaired) electrons. The average molecular weight is 280 g/mol. The Hall–Kier alpha value is -1.07. The van der Waals surface area contributed by atoms with Crippen LogP contribution < -0.4 is 5.32 Å². The van der Waals surface area contributed by atoms with Gasteiger partial charge in [0.25, 0.3) is 0 Å². The fourth-order valence-electron chi connectivity index (χ4n) is 2.86. The van der Waals surface area contributed by atoms with Crippen molar-refractivity contribution < 1.29 is 9.53 Å². The highest BCUT2D eigenvalue weighted by Gasteiger charge is 2.30. The molecule has 1 N–H and O–H groups in total. The van der Waals surface area contributed by atoms with Crippen LogP contribution in [0.25, 0.3) is 0 Å². The van der Waals surface area contributed by atoms with Crippen LogP contribution in [-0.2, 0) is 4.74 Å². The van der Waals surface area contributed by atoms with Gasteiger partial charge in [-0.2, -0.15) is 0 Å². The van der Waals surface area contributed by atoms with Gasteiger partial charge in [0.15, 0.2) is 0 Å². The van der Waals surface area contributed by atoms with E-state index < -0.39 is 0 Å². The summed E-state index contributed by atoms with van der Waals surface area (Å²) in [7, 11) is 0. The van der Waals surface area contributed by atoms with Gasteiger partial charge in [0, 0.05) is 30.5 Å². The first-order valence-electron chi connectivity index (χ1n) is 7.00. The van der Waals surface area contributed by atoms with Crippen molar-refractivity contribution in [2.45, 2.75) is 25.3 Å². The molecule has 19 heavy (non-hydrogen) atoms. The highest BCUT2D eigenvalue weighted by Crippen LogP contribution is 2.34. The van der Waals surface area contributed by atoms with Crippen LogP contribution >= 0.6 is 11.3 Å². The van der Waals surface area contributed by atoms with E-state index in [9.17, 15) is 4.79 Å². The number of hydrogen-bond acceptors (Lipinski definition) is 3. The molecule has 4 nitrogen and oxygen atoms in total. The van der Waals surface area contributed by atoms with Crippen molar-refractivity contribution in [3.05, 3.63) is 22.4 Å². The maximum atomic E-state index is 12.3. The summed E-state index contributed by atoms with van der Waals surface area (Å²) in [5, 5.41) is 5.15. The van der Waals surface area contributed by atoms with Crippen LogP contribution in [0, 0.1) is 5.92 Å². The summed E-state index contributed by atoms with van der Waals surface area (Å²) in [6.07, 6.45) is 3.25. The Bertz CT molecular complexity index is 415. The first-order chi connectivity index (χ1) is 9.34. The Balaban J connectivity index is 1.56. The molecule has 0 aromatic carbocycles. The zero-order valence-corrected chi connectivity index (χ0v) is 11.8. The molecule has 0 aliphatic carbocycles. The van der Waals surface area contributed by atoms with Crippen molar-refractivity contribution in [1.29, 1.82) is 0 Å². The molecule has 104 valence electrons. The zero-order valence-electron chi connectivity index (χ0n) is 11.0. The van der Waals surface area contributed by atoms with Gasteiger partial charge in [-0.25, -0.2) is 4.79 Å². The number of nitrogens with one attached hydrogen (secondary N) is 1. The molecule has 2 aliphatic rings. The van der Waals surface area contributed by atoms with Crippen LogP contribution in [0.3, 0.4) is 0 Å². The molecule has 3 heterocycles. The molecule has 5 heteroatoms. The van der Waals surface area contributed by atoms with Gasteiger partial charge < -0.3 is 15.0 Å². The molecule has 1 aromatic rings. The van der Waals surface area contributed by atoms with E-state index in [0.717, 1.165) is 45.6 Å². The molecular weight excluding hydrogens is 260 g/mol. The van der Waals surface area contributed by atoms with Crippen LogP contribution in [0.5, 0.6) is 0 Å². The van der Waals surface area contributed by atoms with Crippen LogP contribution in [0.15, 0.2) is 17.5 Å². The van der Waals surface area contributed by atoms with Gasteiger partial charge in [0.05, 0.1) is 12.6 Å². The summed E-state index contributed by atoms with van der Waals surface area (Å²) in [6, 6.07) is 4.55. The van der Waals surface area contributed by atoms with E-state index in [1.54, 1.807) is 11.3 Å². The number of carbonyl (C=O) groups excluding carboxylic acids is 1. The molecular formula is C14H20N2O2S. The van der Waals surface area contributed by atoms with Crippen LogP contribution in [0.4, 0.5) is 4.79 Å². The first-order valence-corrected chi connectivity index (χ1v) is 7.88. The largest absolute Gasteiger partial charge is 0.381 e. The second-order valence-corrected chi connectivity index (χ2v) is 6.26. The van der Waals surface area contributed by atoms with Gasteiger partial charge in [0.2, 0.25) is 0 Å². The van der Waals surface area contributed by atoms with Gasteiger partial charge in [-0.3, -0.25) is 0 Å². The molecule has 3 rings (SSSR count). The SMILES string of the molecule is O=C(NC[C@@H]1CCOC1)N1CCC[C@H]1c1cccs1. The van der Waals surface area contributed by atoms with E-state index in [4.69, 9.17) is 4.74 Å². The minimum Gasteiger partial charge on any atom is -0.381 e. The van der Waals surface area contributed by atoms with Crippen molar-refractivity contribution in [3.8, 4) is 0 Å². The van der Waals surface area contributed by atoms with Crippen molar-refractivity contribution in [1.82, 2.24) is 10.2 Å². The zero-order chi connectivity index (χ0) is 13.1. The number of nitrogens with zero attached hydrogens (tertiary/aromatic N) is 1. The Morgan fingerprint density at radius 1 is 1.53 bits per heavy atom. The standard InChI is InChI=1S/C14H20N2O2S/c17-14(15-9-11-5-7-18-10-11)16-6-1-3-12(16)13-4-2-8-19-13/h2,4,8,11-12H,1,3,5-7,9-10H2,(H,15,17)/t11-,12-/m0/s1. The number of thiophene rings is 1. The molecule has 1 aromatic heterocycles. The molecule has 0 spiro atoms. The molecule has 2 atom stereocenters. The van der Waals surface area contributed by atoms with E-state index in [-0.39, 0.29) is 12.1 Å². The molecule has 0 saturated carbocycles. The smallest absolute Gasteiger partial charge is 0.317 e. The fraction of sp³-hybridized carbons (Fsp3) is 0.643. The Labute approximate surface area is 117 Å². The maximum Gasteiger partial charge on any atom is 0.317 e. The number of likely N-dealkylation sites (tertiary alicyclic amines) is 1. The average Bonchev–Trinajstić information content (AvgIpc) is 3.14. The van der Waals surface area contributed by atoms with Crippen molar-refractivity contribution in [2.75, 3.05) is 26.3 Å². The topological polar surface area (TPSA) is 41.6 Å². The van der Waals surface area contributed by atoms with Crippen LogP contribution in [0.1, 0.15) is 30.2 Å². The lowest BCUT2D eigenvalue weighted by Gasteiger charge is -2.24. The van der Waals surface area contributed by atoms with Gasteiger partial charge in [-0.15, -0.1) is 11.3 Å². The van der Waals surface area contributed by atoms with Crippen molar-refractivity contribution in [3.63, 3.8) is 0 Å². The fourth-order valence-corrected chi connectivity index (χ4v) is 3.74. The number of hydrogen-bond donors (Lipinski definition) is 1. The van der Waals surface area contributed by atoms with Gasteiger partial charge in [-0.1, -0.05) is 6.07 Å². The van der Waals surface area contributed by atoms with E-state index >= 15 is 0 Å². The minimum absolute atomic E-state index is 0.0859. The summed E-state index contributed by atoms with van der Waals surface area (Å²) >= 11 is 1.74. The van der Waals surface area contributed by atoms with Gasteiger partial charge >= 0.3 is 6.03 Å². The lowest BCUT2D eigenvalue weighted by Crippen LogP contribution is -2.41. The minimum atomic E-state index is 0.0859. The number of rotatable bonds is 3. The summed E-state index contributed by atoms with van der Waals surface area (Å²) in [5.41, 5.74) is 0. The molecule has 2 fully saturated rings. The number of amides is 2. The second kappa shape index (κ2) is 5.92. The summed E-state index contributed by atoms with van der Waals surface area (Å²) < 4.78 is 5.33. The molecule has 2 amide bonds. The molecule has 0 unspecified atom stereocenters. The summed E-state index contributed by atoms with van der Waals surface area (Å²) in [6.45, 7) is 3.23. The number of ether oxygens (including phenoxy) is 1. The summed E-state index contributed by atoms with van der Waals surface area (Å²) in [4.78, 5) is 15.6. The van der Waals surface area contributed by atoms with Crippen molar-refractivity contribution >= 4 is 17.4 Å². The van der Waals surface area contributed by atoms with Gasteiger partial charge in [-0.05, 0) is 30.7 Å². The Morgan fingerprint density at radius 2 is 2.47 bits per heavy atom. The highest BCUT2D eigenvalue weighted by atomic mass is 32.1. The lowest BCUT2D eigenvalue weighted by atomic mass is 10.1. The quantitative estimate of drug-likeness (QED) is 0.924. The Kier molecular flexibility index (Phi) is 4.03. The van der Waals surface area contributed by atoms with Gasteiger partial charge in [0.1, 0.15) is 0 Å².